The largest absolute Gasteiger partial charge is 0.461 e. The van der Waals surface area contributed by atoms with Crippen LogP contribution in [0.1, 0.15) is 17.4 Å². The van der Waals surface area contributed by atoms with E-state index in [1.807, 2.05) is 0 Å². The van der Waals surface area contributed by atoms with Crippen LogP contribution in [0.4, 0.5) is 0 Å². The predicted molar refractivity (Wildman–Crippen MR) is 56.6 cm³/mol. The Kier molecular flexibility index (Phi) is 2.68. The molecule has 2 aromatic heterocycles. The van der Waals surface area contributed by atoms with E-state index in [0.29, 0.717) is 16.9 Å². The quantitative estimate of drug-likeness (QED) is 0.779. The summed E-state index contributed by atoms with van der Waals surface area (Å²) in [7, 11) is 0. The molecule has 0 bridgehead atoms. The highest BCUT2D eigenvalue weighted by atomic mass is 79.9. The summed E-state index contributed by atoms with van der Waals surface area (Å²) in [5, 5.41) is 0. The van der Waals surface area contributed by atoms with Crippen LogP contribution in [-0.4, -0.2) is 26.9 Å². The maximum atomic E-state index is 11.5. The second-order valence-electron chi connectivity index (χ2n) is 2.78. The number of carbonyl (C=O) groups excluding carboxylic acids is 1. The number of carbonyl (C=O) groups is 1. The highest BCUT2D eigenvalue weighted by Crippen LogP contribution is 2.18. The average molecular weight is 270 g/mol. The molecule has 0 atom stereocenters. The molecule has 0 N–H and O–H groups in total. The summed E-state index contributed by atoms with van der Waals surface area (Å²) >= 11 is 3.29. The number of imidazole rings is 1. The average Bonchev–Trinajstić information content (AvgIpc) is 2.57. The van der Waals surface area contributed by atoms with Crippen molar-refractivity contribution in [2.24, 2.45) is 0 Å². The Morgan fingerprint density at radius 3 is 3.13 bits per heavy atom. The maximum absolute atomic E-state index is 11.5. The van der Waals surface area contributed by atoms with Gasteiger partial charge in [0.25, 0.3) is 0 Å². The smallest absolute Gasteiger partial charge is 0.359 e. The topological polar surface area (TPSA) is 56.5 Å². The molecule has 0 unspecified atom stereocenters. The third-order valence-electron chi connectivity index (χ3n) is 1.84. The molecule has 0 saturated carbocycles. The second-order valence-corrected chi connectivity index (χ2v) is 3.53. The molecule has 0 saturated heterocycles. The van der Waals surface area contributed by atoms with E-state index in [0.717, 1.165) is 0 Å². The van der Waals surface area contributed by atoms with Crippen molar-refractivity contribution in [2.45, 2.75) is 6.92 Å². The maximum Gasteiger partial charge on any atom is 0.359 e. The number of hydrogen-bond donors (Lipinski definition) is 0. The van der Waals surface area contributed by atoms with Gasteiger partial charge in [0, 0.05) is 12.4 Å². The van der Waals surface area contributed by atoms with Gasteiger partial charge in [0.1, 0.15) is 4.60 Å². The molecule has 78 valence electrons. The van der Waals surface area contributed by atoms with Crippen molar-refractivity contribution in [2.75, 3.05) is 6.61 Å². The Hall–Kier alpha value is -1.43. The molecule has 0 aliphatic rings. The Morgan fingerprint density at radius 2 is 2.47 bits per heavy atom. The van der Waals surface area contributed by atoms with E-state index in [4.69, 9.17) is 4.74 Å². The van der Waals surface area contributed by atoms with Gasteiger partial charge in [-0.1, -0.05) is 0 Å². The van der Waals surface area contributed by atoms with Crippen molar-refractivity contribution in [1.29, 1.82) is 0 Å². The minimum Gasteiger partial charge on any atom is -0.461 e. The third kappa shape index (κ3) is 1.72. The van der Waals surface area contributed by atoms with Gasteiger partial charge >= 0.3 is 5.97 Å². The van der Waals surface area contributed by atoms with Crippen LogP contribution in [0.3, 0.4) is 0 Å². The Labute approximate surface area is 94.2 Å². The summed E-state index contributed by atoms with van der Waals surface area (Å²) in [4.78, 5) is 19.5. The predicted octanol–water partition coefficient (Wildman–Crippen LogP) is 1.67. The van der Waals surface area contributed by atoms with E-state index in [1.54, 1.807) is 29.9 Å². The Balaban J connectivity index is 2.53. The van der Waals surface area contributed by atoms with Crippen LogP contribution in [0.2, 0.25) is 0 Å². The number of aromatic nitrogens is 3. The van der Waals surface area contributed by atoms with Gasteiger partial charge in [-0.05, 0) is 22.9 Å². The van der Waals surface area contributed by atoms with Gasteiger partial charge in [0.05, 0.1) is 12.8 Å². The van der Waals surface area contributed by atoms with Crippen molar-refractivity contribution in [3.05, 3.63) is 28.9 Å². The molecule has 0 aromatic carbocycles. The number of esters is 1. The van der Waals surface area contributed by atoms with Gasteiger partial charge < -0.3 is 4.74 Å². The van der Waals surface area contributed by atoms with Gasteiger partial charge in [-0.2, -0.15) is 0 Å². The fourth-order valence-corrected chi connectivity index (χ4v) is 1.76. The van der Waals surface area contributed by atoms with Gasteiger partial charge in [-0.15, -0.1) is 0 Å². The lowest BCUT2D eigenvalue weighted by molar-refractivity contribution is 0.0519. The van der Waals surface area contributed by atoms with Crippen molar-refractivity contribution in [1.82, 2.24) is 14.4 Å². The third-order valence-corrected chi connectivity index (χ3v) is 2.60. The molecule has 0 radical (unpaired) electrons. The first kappa shape index (κ1) is 10.1. The number of halogens is 1. The van der Waals surface area contributed by atoms with E-state index in [9.17, 15) is 4.79 Å². The van der Waals surface area contributed by atoms with Gasteiger partial charge in [0.2, 0.25) is 0 Å². The zero-order chi connectivity index (χ0) is 10.8. The molecule has 0 aliphatic carbocycles. The van der Waals surface area contributed by atoms with Gasteiger partial charge in [-0.25, -0.2) is 9.78 Å². The molecule has 0 amide bonds. The number of nitrogens with zero attached hydrogens (tertiary/aromatic N) is 3. The van der Waals surface area contributed by atoms with Gasteiger partial charge in [0.15, 0.2) is 11.3 Å². The fourth-order valence-electron chi connectivity index (χ4n) is 1.21. The number of hydrogen-bond acceptors (Lipinski definition) is 4. The van der Waals surface area contributed by atoms with Gasteiger partial charge in [-0.3, -0.25) is 9.38 Å². The molecule has 6 heteroatoms. The Bertz CT molecular complexity index is 509. The minimum atomic E-state index is -0.437. The molecule has 2 heterocycles. The zero-order valence-electron chi connectivity index (χ0n) is 7.98. The first-order valence-electron chi connectivity index (χ1n) is 4.38. The number of rotatable bonds is 2. The molecule has 0 fully saturated rings. The monoisotopic (exact) mass is 269 g/mol. The SMILES string of the molecule is CCOC(=O)c1nc2cnccn2c1Br. The summed E-state index contributed by atoms with van der Waals surface area (Å²) in [6.07, 6.45) is 4.91. The summed E-state index contributed by atoms with van der Waals surface area (Å²) in [6.45, 7) is 2.08. The number of fused-ring (bicyclic) bond motifs is 1. The van der Waals surface area contributed by atoms with Crippen LogP contribution in [0.25, 0.3) is 5.65 Å². The van der Waals surface area contributed by atoms with Crippen LogP contribution in [0.5, 0.6) is 0 Å². The molecule has 15 heavy (non-hydrogen) atoms. The highest BCUT2D eigenvalue weighted by Gasteiger charge is 2.17. The highest BCUT2D eigenvalue weighted by molar-refractivity contribution is 9.10. The molecule has 2 rings (SSSR count). The lowest BCUT2D eigenvalue weighted by Crippen LogP contribution is -2.05. The molecular weight excluding hydrogens is 262 g/mol. The van der Waals surface area contributed by atoms with E-state index < -0.39 is 5.97 Å². The van der Waals surface area contributed by atoms with E-state index in [-0.39, 0.29) is 5.69 Å². The van der Waals surface area contributed by atoms with Crippen molar-refractivity contribution in [3.63, 3.8) is 0 Å². The van der Waals surface area contributed by atoms with Crippen LogP contribution >= 0.6 is 15.9 Å². The van der Waals surface area contributed by atoms with Crippen LogP contribution in [-0.2, 0) is 4.74 Å². The lowest BCUT2D eigenvalue weighted by Gasteiger charge is -1.97. The Morgan fingerprint density at radius 1 is 1.67 bits per heavy atom. The first-order chi connectivity index (χ1) is 7.24. The van der Waals surface area contributed by atoms with Crippen LogP contribution in [0.15, 0.2) is 23.2 Å². The summed E-state index contributed by atoms with van der Waals surface area (Å²) < 4.78 is 7.18. The van der Waals surface area contributed by atoms with E-state index in [1.165, 1.54) is 0 Å². The van der Waals surface area contributed by atoms with Crippen molar-refractivity contribution < 1.29 is 9.53 Å². The van der Waals surface area contributed by atoms with E-state index in [2.05, 4.69) is 25.9 Å². The van der Waals surface area contributed by atoms with Crippen molar-refractivity contribution in [3.8, 4) is 0 Å². The van der Waals surface area contributed by atoms with Crippen LogP contribution < -0.4 is 0 Å². The zero-order valence-corrected chi connectivity index (χ0v) is 9.56. The molecular formula is C9H8BrN3O2. The second kappa shape index (κ2) is 3.98. The number of ether oxygens (including phenoxy) is 1. The summed E-state index contributed by atoms with van der Waals surface area (Å²) in [6, 6.07) is 0. The fraction of sp³-hybridized carbons (Fsp3) is 0.222. The standard InChI is InChI=1S/C9H8BrN3O2/c1-2-15-9(14)7-8(10)13-4-3-11-5-6(13)12-7/h3-5H,2H2,1H3. The van der Waals surface area contributed by atoms with Crippen LogP contribution in [0, 0.1) is 0 Å². The normalized spacial score (nSPS) is 10.5. The lowest BCUT2D eigenvalue weighted by atomic mass is 10.5. The molecule has 0 aliphatic heterocycles. The molecule has 5 nitrogen and oxygen atoms in total. The first-order valence-corrected chi connectivity index (χ1v) is 5.18. The summed E-state index contributed by atoms with van der Waals surface area (Å²) in [5.74, 6) is -0.437. The summed E-state index contributed by atoms with van der Waals surface area (Å²) in [5.41, 5.74) is 0.872. The van der Waals surface area contributed by atoms with Crippen molar-refractivity contribution >= 4 is 27.5 Å². The molecule has 2 aromatic rings. The minimum absolute atomic E-state index is 0.268. The molecule has 0 spiro atoms. The van der Waals surface area contributed by atoms with E-state index >= 15 is 0 Å².